The summed E-state index contributed by atoms with van der Waals surface area (Å²) in [6, 6.07) is 6.10. The van der Waals surface area contributed by atoms with E-state index in [1.807, 2.05) is 25.1 Å². The van der Waals surface area contributed by atoms with Crippen molar-refractivity contribution in [2.75, 3.05) is 0 Å². The van der Waals surface area contributed by atoms with Crippen LogP contribution in [0.4, 0.5) is 0 Å². The molecule has 0 aliphatic rings. The summed E-state index contributed by atoms with van der Waals surface area (Å²) in [5.41, 5.74) is 3.12. The Kier molecular flexibility index (Phi) is 3.56. The van der Waals surface area contributed by atoms with Crippen molar-refractivity contribution in [3.63, 3.8) is 0 Å². The second-order valence-electron chi connectivity index (χ2n) is 3.53. The molecule has 0 amide bonds. The predicted molar refractivity (Wildman–Crippen MR) is 69.5 cm³/mol. The van der Waals surface area contributed by atoms with Gasteiger partial charge in [0.05, 0.1) is 5.88 Å². The minimum atomic E-state index is 0.440. The second kappa shape index (κ2) is 4.93. The molecule has 0 aliphatic carbocycles. The van der Waals surface area contributed by atoms with Gasteiger partial charge in [0.15, 0.2) is 5.82 Å². The summed E-state index contributed by atoms with van der Waals surface area (Å²) in [5, 5.41) is 0. The van der Waals surface area contributed by atoms with Gasteiger partial charge in [-0.15, -0.1) is 11.6 Å². The average molecular weight is 298 g/mol. The van der Waals surface area contributed by atoms with Crippen molar-refractivity contribution in [1.29, 1.82) is 0 Å². The van der Waals surface area contributed by atoms with Gasteiger partial charge in [0.1, 0.15) is 0 Å². The summed E-state index contributed by atoms with van der Waals surface area (Å²) >= 11 is 9.20. The van der Waals surface area contributed by atoms with E-state index in [9.17, 15) is 0 Å². The molecule has 0 saturated carbocycles. The monoisotopic (exact) mass is 296 g/mol. The van der Waals surface area contributed by atoms with Crippen LogP contribution >= 0.6 is 27.5 Å². The van der Waals surface area contributed by atoms with E-state index < -0.39 is 0 Å². The highest BCUT2D eigenvalue weighted by Crippen LogP contribution is 2.26. The van der Waals surface area contributed by atoms with Crippen molar-refractivity contribution in [2.45, 2.75) is 12.8 Å². The van der Waals surface area contributed by atoms with Crippen LogP contribution in [0.3, 0.4) is 0 Å². The maximum Gasteiger partial charge on any atom is 0.160 e. The molecule has 0 N–H and O–H groups in total. The molecule has 82 valence electrons. The molecule has 1 aromatic heterocycles. The lowest BCUT2D eigenvalue weighted by atomic mass is 10.1. The van der Waals surface area contributed by atoms with Crippen LogP contribution in [-0.2, 0) is 5.88 Å². The summed E-state index contributed by atoms with van der Waals surface area (Å²) in [6.45, 7) is 2.05. The van der Waals surface area contributed by atoms with Crippen molar-refractivity contribution in [3.8, 4) is 11.4 Å². The topological polar surface area (TPSA) is 25.8 Å². The number of benzene rings is 1. The van der Waals surface area contributed by atoms with E-state index >= 15 is 0 Å². The fourth-order valence-electron chi connectivity index (χ4n) is 1.36. The highest BCUT2D eigenvalue weighted by molar-refractivity contribution is 9.10. The van der Waals surface area contributed by atoms with E-state index in [1.165, 1.54) is 5.56 Å². The Bertz CT molecular complexity index is 497. The van der Waals surface area contributed by atoms with Crippen LogP contribution in [0.15, 0.2) is 35.1 Å². The quantitative estimate of drug-likeness (QED) is 0.784. The zero-order valence-corrected chi connectivity index (χ0v) is 11.1. The van der Waals surface area contributed by atoms with Gasteiger partial charge in [-0.05, 0) is 24.6 Å². The zero-order chi connectivity index (χ0) is 11.5. The molecule has 0 bridgehead atoms. The first kappa shape index (κ1) is 11.6. The van der Waals surface area contributed by atoms with E-state index in [-0.39, 0.29) is 0 Å². The smallest absolute Gasteiger partial charge is 0.160 e. The summed E-state index contributed by atoms with van der Waals surface area (Å²) in [7, 11) is 0. The number of aromatic nitrogens is 2. The third kappa shape index (κ3) is 2.42. The summed E-state index contributed by atoms with van der Waals surface area (Å²) in [4.78, 5) is 8.57. The molecule has 0 radical (unpaired) electrons. The van der Waals surface area contributed by atoms with Crippen LogP contribution in [0.25, 0.3) is 11.4 Å². The molecular weight excluding hydrogens is 288 g/mol. The lowest BCUT2D eigenvalue weighted by Gasteiger charge is -2.04. The van der Waals surface area contributed by atoms with Crippen LogP contribution in [0, 0.1) is 6.92 Å². The van der Waals surface area contributed by atoms with Crippen LogP contribution in [-0.4, -0.2) is 9.97 Å². The Labute approximate surface area is 108 Å². The first-order valence-corrected chi connectivity index (χ1v) is 6.17. The van der Waals surface area contributed by atoms with Gasteiger partial charge < -0.3 is 0 Å². The van der Waals surface area contributed by atoms with Crippen LogP contribution in [0.5, 0.6) is 0 Å². The van der Waals surface area contributed by atoms with Crippen molar-refractivity contribution in [1.82, 2.24) is 9.97 Å². The molecule has 0 unspecified atom stereocenters. The zero-order valence-electron chi connectivity index (χ0n) is 8.74. The van der Waals surface area contributed by atoms with E-state index in [0.29, 0.717) is 11.7 Å². The van der Waals surface area contributed by atoms with Gasteiger partial charge in [-0.25, -0.2) is 9.97 Å². The summed E-state index contributed by atoms with van der Waals surface area (Å²) in [6.07, 6.45) is 3.50. The molecule has 2 rings (SSSR count). The van der Waals surface area contributed by atoms with Crippen LogP contribution < -0.4 is 0 Å². The lowest BCUT2D eigenvalue weighted by molar-refractivity contribution is 1.12. The van der Waals surface area contributed by atoms with E-state index in [0.717, 1.165) is 15.6 Å². The number of alkyl halides is 1. The molecular formula is C12H10BrClN2. The molecule has 4 heteroatoms. The molecule has 1 heterocycles. The summed E-state index contributed by atoms with van der Waals surface area (Å²) in [5.74, 6) is 1.15. The second-order valence-corrected chi connectivity index (χ2v) is 4.65. The molecule has 2 aromatic rings. The van der Waals surface area contributed by atoms with Crippen molar-refractivity contribution in [3.05, 3.63) is 46.2 Å². The fraction of sp³-hybridized carbons (Fsp3) is 0.167. The van der Waals surface area contributed by atoms with Crippen LogP contribution in [0.2, 0.25) is 0 Å². The maximum absolute atomic E-state index is 5.69. The maximum atomic E-state index is 5.69. The number of nitrogens with zero attached hydrogens (tertiary/aromatic N) is 2. The SMILES string of the molecule is Cc1ccc(-c2ncc(CCl)cn2)c(Br)c1. The van der Waals surface area contributed by atoms with Gasteiger partial charge >= 0.3 is 0 Å². The lowest BCUT2D eigenvalue weighted by Crippen LogP contribution is -1.91. The van der Waals surface area contributed by atoms with E-state index in [4.69, 9.17) is 11.6 Å². The van der Waals surface area contributed by atoms with Crippen LogP contribution in [0.1, 0.15) is 11.1 Å². The van der Waals surface area contributed by atoms with Gasteiger partial charge in [-0.2, -0.15) is 0 Å². The molecule has 0 aliphatic heterocycles. The average Bonchev–Trinajstić information content (AvgIpc) is 2.29. The molecule has 1 aromatic carbocycles. The molecule has 0 atom stereocenters. The number of hydrogen-bond donors (Lipinski definition) is 0. The number of hydrogen-bond acceptors (Lipinski definition) is 2. The van der Waals surface area contributed by atoms with Gasteiger partial charge in [-0.3, -0.25) is 0 Å². The minimum absolute atomic E-state index is 0.440. The molecule has 2 nitrogen and oxygen atoms in total. The van der Waals surface area contributed by atoms with Crippen molar-refractivity contribution in [2.24, 2.45) is 0 Å². The third-order valence-corrected chi connectivity index (χ3v) is 3.19. The third-order valence-electron chi connectivity index (χ3n) is 2.23. The highest BCUT2D eigenvalue weighted by Gasteiger charge is 2.05. The Morgan fingerprint density at radius 2 is 1.94 bits per heavy atom. The summed E-state index contributed by atoms with van der Waals surface area (Å²) < 4.78 is 1.01. The number of aryl methyl sites for hydroxylation is 1. The minimum Gasteiger partial charge on any atom is -0.236 e. The fourth-order valence-corrected chi connectivity index (χ4v) is 2.17. The van der Waals surface area contributed by atoms with Crippen molar-refractivity contribution >= 4 is 27.5 Å². The Morgan fingerprint density at radius 3 is 2.50 bits per heavy atom. The Balaban J connectivity index is 2.42. The Morgan fingerprint density at radius 1 is 1.25 bits per heavy atom. The molecule has 0 saturated heterocycles. The van der Waals surface area contributed by atoms with E-state index in [1.54, 1.807) is 12.4 Å². The standard InChI is InChI=1S/C12H10BrClN2/c1-8-2-3-10(11(13)4-8)12-15-6-9(5-14)7-16-12/h2-4,6-7H,5H2,1H3. The predicted octanol–water partition coefficient (Wildman–Crippen LogP) is 3.95. The van der Waals surface area contributed by atoms with Crippen molar-refractivity contribution < 1.29 is 0 Å². The Hall–Kier alpha value is -0.930. The van der Waals surface area contributed by atoms with Gasteiger partial charge in [0, 0.05) is 28.0 Å². The molecule has 0 spiro atoms. The first-order valence-electron chi connectivity index (χ1n) is 4.84. The van der Waals surface area contributed by atoms with Gasteiger partial charge in [-0.1, -0.05) is 22.0 Å². The number of rotatable bonds is 2. The number of halogens is 2. The molecule has 16 heavy (non-hydrogen) atoms. The normalized spacial score (nSPS) is 10.4. The first-order chi connectivity index (χ1) is 7.70. The van der Waals surface area contributed by atoms with Gasteiger partial charge in [0.2, 0.25) is 0 Å². The molecule has 0 fully saturated rings. The highest BCUT2D eigenvalue weighted by atomic mass is 79.9. The van der Waals surface area contributed by atoms with E-state index in [2.05, 4.69) is 25.9 Å². The largest absolute Gasteiger partial charge is 0.236 e. The van der Waals surface area contributed by atoms with Gasteiger partial charge in [0.25, 0.3) is 0 Å².